The zero-order chi connectivity index (χ0) is 11.5. The van der Waals surface area contributed by atoms with Gasteiger partial charge in [-0.25, -0.2) is 8.78 Å². The average molecular weight is 225 g/mol. The Labute approximate surface area is 94.9 Å². The molecule has 1 N–H and O–H groups in total. The highest BCUT2D eigenvalue weighted by atomic mass is 19.1. The highest BCUT2D eigenvalue weighted by Gasteiger charge is 2.16. The van der Waals surface area contributed by atoms with E-state index in [-0.39, 0.29) is 5.56 Å². The van der Waals surface area contributed by atoms with Crippen molar-refractivity contribution in [3.05, 3.63) is 34.6 Å². The lowest BCUT2D eigenvalue weighted by atomic mass is 9.95. The van der Waals surface area contributed by atoms with Crippen molar-refractivity contribution in [2.45, 2.75) is 26.4 Å². The van der Waals surface area contributed by atoms with E-state index in [0.717, 1.165) is 37.1 Å². The lowest BCUT2D eigenvalue weighted by molar-refractivity contribution is 0.460. The molecule has 1 saturated heterocycles. The SMILES string of the molecule is Cc1cc(CC2CCNC2)cc(F)c1CF. The number of alkyl halides is 1. The molecule has 1 aliphatic heterocycles. The van der Waals surface area contributed by atoms with Gasteiger partial charge >= 0.3 is 0 Å². The van der Waals surface area contributed by atoms with Crippen LogP contribution in [0.15, 0.2) is 12.1 Å². The Morgan fingerprint density at radius 3 is 2.81 bits per heavy atom. The molecule has 1 aromatic rings. The lowest BCUT2D eigenvalue weighted by Gasteiger charge is -2.11. The fourth-order valence-electron chi connectivity index (χ4n) is 2.35. The molecule has 1 fully saturated rings. The Hall–Kier alpha value is -0.960. The molecular formula is C13H17F2N. The third kappa shape index (κ3) is 2.40. The molecule has 0 spiro atoms. The van der Waals surface area contributed by atoms with Crippen LogP contribution in [0, 0.1) is 18.7 Å². The molecule has 1 atom stereocenters. The van der Waals surface area contributed by atoms with Gasteiger partial charge in [0.05, 0.1) is 0 Å². The lowest BCUT2D eigenvalue weighted by Crippen LogP contribution is -2.11. The van der Waals surface area contributed by atoms with Gasteiger partial charge in [0.15, 0.2) is 0 Å². The molecule has 0 amide bonds. The van der Waals surface area contributed by atoms with Gasteiger partial charge in [-0.3, -0.25) is 0 Å². The van der Waals surface area contributed by atoms with Gasteiger partial charge in [0.25, 0.3) is 0 Å². The van der Waals surface area contributed by atoms with Gasteiger partial charge in [-0.05, 0) is 56.0 Å². The van der Waals surface area contributed by atoms with Crippen molar-refractivity contribution in [3.63, 3.8) is 0 Å². The summed E-state index contributed by atoms with van der Waals surface area (Å²) in [6.07, 6.45) is 2.03. The summed E-state index contributed by atoms with van der Waals surface area (Å²) in [4.78, 5) is 0. The Morgan fingerprint density at radius 2 is 2.25 bits per heavy atom. The molecule has 0 saturated carbocycles. The van der Waals surface area contributed by atoms with Crippen LogP contribution in [-0.2, 0) is 13.1 Å². The molecular weight excluding hydrogens is 208 g/mol. The van der Waals surface area contributed by atoms with Gasteiger partial charge in [-0.15, -0.1) is 0 Å². The van der Waals surface area contributed by atoms with Crippen LogP contribution in [0.1, 0.15) is 23.1 Å². The maximum Gasteiger partial charge on any atom is 0.129 e. The molecule has 1 nitrogen and oxygen atoms in total. The summed E-state index contributed by atoms with van der Waals surface area (Å²) >= 11 is 0. The molecule has 3 heteroatoms. The zero-order valence-electron chi connectivity index (χ0n) is 9.52. The van der Waals surface area contributed by atoms with Crippen molar-refractivity contribution in [2.75, 3.05) is 13.1 Å². The van der Waals surface area contributed by atoms with Crippen molar-refractivity contribution >= 4 is 0 Å². The van der Waals surface area contributed by atoms with Crippen LogP contribution in [0.3, 0.4) is 0 Å². The third-order valence-corrected chi connectivity index (χ3v) is 3.30. The summed E-state index contributed by atoms with van der Waals surface area (Å²) in [5, 5.41) is 3.29. The van der Waals surface area contributed by atoms with Crippen molar-refractivity contribution < 1.29 is 8.78 Å². The summed E-state index contributed by atoms with van der Waals surface area (Å²) in [5.74, 6) is 0.193. The summed E-state index contributed by atoms with van der Waals surface area (Å²) in [7, 11) is 0. The topological polar surface area (TPSA) is 12.0 Å². The van der Waals surface area contributed by atoms with Crippen LogP contribution in [0.5, 0.6) is 0 Å². The Morgan fingerprint density at radius 1 is 1.44 bits per heavy atom. The minimum atomic E-state index is -0.719. The second-order valence-electron chi connectivity index (χ2n) is 4.57. The first-order valence-corrected chi connectivity index (χ1v) is 5.75. The van der Waals surface area contributed by atoms with E-state index in [1.54, 1.807) is 6.92 Å². The van der Waals surface area contributed by atoms with Crippen LogP contribution in [0.2, 0.25) is 0 Å². The largest absolute Gasteiger partial charge is 0.316 e. The standard InChI is InChI=1S/C13H17F2N/c1-9-4-11(5-10-2-3-16-8-10)6-13(15)12(9)7-14/h4,6,10,16H,2-3,5,7-8H2,1H3. The van der Waals surface area contributed by atoms with Crippen molar-refractivity contribution in [2.24, 2.45) is 5.92 Å². The minimum absolute atomic E-state index is 0.202. The number of halogens is 2. The van der Waals surface area contributed by atoms with Crippen LogP contribution in [-0.4, -0.2) is 13.1 Å². The van der Waals surface area contributed by atoms with Crippen molar-refractivity contribution in [1.82, 2.24) is 5.32 Å². The van der Waals surface area contributed by atoms with Gasteiger partial charge < -0.3 is 5.32 Å². The van der Waals surface area contributed by atoms with Gasteiger partial charge in [-0.2, -0.15) is 0 Å². The Bertz CT molecular complexity index is 347. The number of nitrogens with one attached hydrogen (secondary N) is 1. The maximum absolute atomic E-state index is 13.5. The van der Waals surface area contributed by atoms with Crippen LogP contribution < -0.4 is 5.32 Å². The first-order valence-electron chi connectivity index (χ1n) is 5.75. The highest BCUT2D eigenvalue weighted by molar-refractivity contribution is 5.32. The van der Waals surface area contributed by atoms with E-state index in [4.69, 9.17) is 0 Å². The molecule has 1 aliphatic rings. The van der Waals surface area contributed by atoms with Gasteiger partial charge in [0.1, 0.15) is 12.5 Å². The predicted octanol–water partition coefficient (Wildman–Crippen LogP) is 2.76. The van der Waals surface area contributed by atoms with E-state index in [1.807, 2.05) is 6.07 Å². The smallest absolute Gasteiger partial charge is 0.129 e. The third-order valence-electron chi connectivity index (χ3n) is 3.30. The monoisotopic (exact) mass is 225 g/mol. The summed E-state index contributed by atoms with van der Waals surface area (Å²) in [5.41, 5.74) is 1.91. The number of hydrogen-bond acceptors (Lipinski definition) is 1. The molecule has 0 aromatic heterocycles. The second-order valence-corrected chi connectivity index (χ2v) is 4.57. The number of aryl methyl sites for hydroxylation is 1. The van der Waals surface area contributed by atoms with Crippen LogP contribution >= 0.6 is 0 Å². The van der Waals surface area contributed by atoms with Crippen molar-refractivity contribution in [1.29, 1.82) is 0 Å². The molecule has 0 aliphatic carbocycles. The second kappa shape index (κ2) is 4.91. The molecule has 1 heterocycles. The fraction of sp³-hybridized carbons (Fsp3) is 0.538. The fourth-order valence-corrected chi connectivity index (χ4v) is 2.35. The minimum Gasteiger partial charge on any atom is -0.316 e. The Balaban J connectivity index is 2.15. The Kier molecular flexibility index (Phi) is 3.54. The molecule has 0 bridgehead atoms. The predicted molar refractivity (Wildman–Crippen MR) is 60.6 cm³/mol. The zero-order valence-corrected chi connectivity index (χ0v) is 9.52. The van der Waals surface area contributed by atoms with E-state index in [1.165, 1.54) is 6.07 Å². The molecule has 0 radical (unpaired) electrons. The van der Waals surface area contributed by atoms with Gasteiger partial charge in [0.2, 0.25) is 0 Å². The summed E-state index contributed by atoms with van der Waals surface area (Å²) < 4.78 is 26.1. The van der Waals surface area contributed by atoms with Gasteiger partial charge in [0, 0.05) is 5.56 Å². The van der Waals surface area contributed by atoms with E-state index in [9.17, 15) is 8.78 Å². The summed E-state index contributed by atoms with van der Waals surface area (Å²) in [6.45, 7) is 3.11. The van der Waals surface area contributed by atoms with E-state index < -0.39 is 12.5 Å². The normalized spacial score (nSPS) is 20.3. The van der Waals surface area contributed by atoms with E-state index >= 15 is 0 Å². The van der Waals surface area contributed by atoms with Crippen LogP contribution in [0.4, 0.5) is 8.78 Å². The number of hydrogen-bond donors (Lipinski definition) is 1. The van der Waals surface area contributed by atoms with Crippen LogP contribution in [0.25, 0.3) is 0 Å². The van der Waals surface area contributed by atoms with E-state index in [0.29, 0.717) is 5.92 Å². The number of benzene rings is 1. The highest BCUT2D eigenvalue weighted by Crippen LogP contribution is 2.21. The average Bonchev–Trinajstić information content (AvgIpc) is 2.70. The summed E-state index contributed by atoms with van der Waals surface area (Å²) in [6, 6.07) is 3.40. The molecule has 2 rings (SSSR count). The molecule has 88 valence electrons. The molecule has 1 aromatic carbocycles. The van der Waals surface area contributed by atoms with E-state index in [2.05, 4.69) is 5.32 Å². The number of rotatable bonds is 3. The first kappa shape index (κ1) is 11.5. The molecule has 16 heavy (non-hydrogen) atoms. The molecule has 1 unspecified atom stereocenters. The first-order chi connectivity index (χ1) is 7.70. The van der Waals surface area contributed by atoms with Gasteiger partial charge in [-0.1, -0.05) is 6.07 Å². The van der Waals surface area contributed by atoms with Crippen molar-refractivity contribution in [3.8, 4) is 0 Å². The quantitative estimate of drug-likeness (QED) is 0.834. The maximum atomic E-state index is 13.5.